The van der Waals surface area contributed by atoms with Gasteiger partial charge in [0.2, 0.25) is 0 Å². The average molecular weight is 437 g/mol. The summed E-state index contributed by atoms with van der Waals surface area (Å²) in [7, 11) is 0. The number of aromatic amines is 1. The third kappa shape index (κ3) is 3.37. The molecule has 0 saturated carbocycles. The number of fused-ring (bicyclic) bond motifs is 3. The van der Waals surface area contributed by atoms with Crippen LogP contribution in [-0.2, 0) is 6.42 Å². The highest BCUT2D eigenvalue weighted by molar-refractivity contribution is 14.1. The van der Waals surface area contributed by atoms with E-state index >= 15 is 0 Å². The Hall–Kier alpha value is -0.590. The van der Waals surface area contributed by atoms with Crippen molar-refractivity contribution in [2.75, 3.05) is 19.6 Å². The van der Waals surface area contributed by atoms with E-state index in [2.05, 4.69) is 62.9 Å². The maximum absolute atomic E-state index is 3.99. The lowest BCUT2D eigenvalue weighted by Gasteiger charge is -2.35. The van der Waals surface area contributed by atoms with Crippen LogP contribution in [0.3, 0.4) is 0 Å². The van der Waals surface area contributed by atoms with Gasteiger partial charge >= 0.3 is 0 Å². The van der Waals surface area contributed by atoms with Gasteiger partial charge in [-0.2, -0.15) is 0 Å². The van der Waals surface area contributed by atoms with Crippen molar-refractivity contribution in [3.05, 3.63) is 33.0 Å². The van der Waals surface area contributed by atoms with Gasteiger partial charge in [-0.05, 0) is 105 Å². The molecule has 1 fully saturated rings. The molecule has 0 radical (unpaired) electrons. The first-order chi connectivity index (χ1) is 11.7. The zero-order valence-electron chi connectivity index (χ0n) is 14.6. The fourth-order valence-electron chi connectivity index (χ4n) is 4.53. The van der Waals surface area contributed by atoms with Crippen molar-refractivity contribution in [2.45, 2.75) is 57.5 Å². The van der Waals surface area contributed by atoms with Gasteiger partial charge in [-0.25, -0.2) is 0 Å². The van der Waals surface area contributed by atoms with Crippen molar-refractivity contribution in [3.63, 3.8) is 0 Å². The first kappa shape index (κ1) is 16.9. The molecule has 0 bridgehead atoms. The van der Waals surface area contributed by atoms with E-state index in [1.165, 1.54) is 78.3 Å². The molecule has 4 rings (SSSR count). The van der Waals surface area contributed by atoms with Crippen LogP contribution in [0, 0.1) is 3.57 Å². The molecule has 1 aromatic heterocycles. The molecule has 0 spiro atoms. The molecule has 4 heteroatoms. The van der Waals surface area contributed by atoms with Crippen LogP contribution in [0.5, 0.6) is 0 Å². The molecular formula is C20H28IN3. The van der Waals surface area contributed by atoms with E-state index in [0.29, 0.717) is 12.1 Å². The van der Waals surface area contributed by atoms with Crippen molar-refractivity contribution in [2.24, 2.45) is 0 Å². The van der Waals surface area contributed by atoms with E-state index in [4.69, 9.17) is 0 Å². The second-order valence-electron chi connectivity index (χ2n) is 7.43. The number of likely N-dealkylation sites (tertiary alicyclic amines) is 1. The number of aryl methyl sites for hydroxylation is 1. The summed E-state index contributed by atoms with van der Waals surface area (Å²) in [6.45, 7) is 6.07. The fourth-order valence-corrected chi connectivity index (χ4v) is 5.02. The summed E-state index contributed by atoms with van der Waals surface area (Å²) in [6, 6.07) is 7.99. The summed E-state index contributed by atoms with van der Waals surface area (Å²) in [6.07, 6.45) is 7.66. The van der Waals surface area contributed by atoms with Gasteiger partial charge in [0.15, 0.2) is 0 Å². The Kier molecular flexibility index (Phi) is 5.16. The van der Waals surface area contributed by atoms with Crippen LogP contribution in [0.2, 0.25) is 0 Å². The molecule has 2 heterocycles. The molecular weight excluding hydrogens is 409 g/mol. The van der Waals surface area contributed by atoms with Crippen LogP contribution in [0.25, 0.3) is 10.9 Å². The molecule has 2 aromatic rings. The molecule has 3 nitrogen and oxygen atoms in total. The number of piperidine rings is 1. The summed E-state index contributed by atoms with van der Waals surface area (Å²) < 4.78 is 1.33. The Morgan fingerprint density at radius 3 is 2.88 bits per heavy atom. The SMILES string of the molecule is CCCN1CCC(NC2CCCc3c2[nH]c2ccc(I)cc32)CC1. The summed E-state index contributed by atoms with van der Waals surface area (Å²) >= 11 is 2.42. The largest absolute Gasteiger partial charge is 0.357 e. The smallest absolute Gasteiger partial charge is 0.0478 e. The number of benzene rings is 1. The highest BCUT2D eigenvalue weighted by atomic mass is 127. The minimum atomic E-state index is 0.515. The minimum Gasteiger partial charge on any atom is -0.357 e. The highest BCUT2D eigenvalue weighted by Gasteiger charge is 2.27. The van der Waals surface area contributed by atoms with Crippen LogP contribution >= 0.6 is 22.6 Å². The normalized spacial score (nSPS) is 22.8. The van der Waals surface area contributed by atoms with Crippen LogP contribution in [0.1, 0.15) is 56.3 Å². The number of rotatable bonds is 4. The van der Waals surface area contributed by atoms with Crippen molar-refractivity contribution >= 4 is 33.5 Å². The van der Waals surface area contributed by atoms with Crippen molar-refractivity contribution in [1.82, 2.24) is 15.2 Å². The van der Waals surface area contributed by atoms with Crippen LogP contribution in [-0.4, -0.2) is 35.6 Å². The van der Waals surface area contributed by atoms with Gasteiger partial charge in [0.25, 0.3) is 0 Å². The van der Waals surface area contributed by atoms with Gasteiger partial charge in [0.05, 0.1) is 0 Å². The van der Waals surface area contributed by atoms with Crippen molar-refractivity contribution < 1.29 is 0 Å². The quantitative estimate of drug-likeness (QED) is 0.685. The highest BCUT2D eigenvalue weighted by Crippen LogP contribution is 2.36. The second kappa shape index (κ2) is 7.34. The molecule has 24 heavy (non-hydrogen) atoms. The summed E-state index contributed by atoms with van der Waals surface area (Å²) in [5.41, 5.74) is 4.34. The Balaban J connectivity index is 1.49. The van der Waals surface area contributed by atoms with Crippen LogP contribution < -0.4 is 5.32 Å². The van der Waals surface area contributed by atoms with Gasteiger partial charge in [0, 0.05) is 32.3 Å². The average Bonchev–Trinajstić information content (AvgIpc) is 2.96. The zero-order valence-corrected chi connectivity index (χ0v) is 16.7. The fraction of sp³-hybridized carbons (Fsp3) is 0.600. The van der Waals surface area contributed by atoms with E-state index in [1.54, 1.807) is 5.56 Å². The molecule has 1 aromatic carbocycles. The maximum atomic E-state index is 3.99. The molecule has 2 N–H and O–H groups in total. The van der Waals surface area contributed by atoms with Gasteiger partial charge < -0.3 is 15.2 Å². The Labute approximate surface area is 158 Å². The Morgan fingerprint density at radius 1 is 1.25 bits per heavy atom. The predicted molar refractivity (Wildman–Crippen MR) is 110 cm³/mol. The lowest BCUT2D eigenvalue weighted by molar-refractivity contribution is 0.188. The Morgan fingerprint density at radius 2 is 2.08 bits per heavy atom. The number of hydrogen-bond donors (Lipinski definition) is 2. The standard InChI is InChI=1S/C20H28IN3/c1-2-10-24-11-8-15(9-12-24)22-19-5-3-4-16-17-13-14(21)6-7-18(17)23-20(16)19/h6-7,13,15,19,22-23H,2-5,8-12H2,1H3. The molecule has 2 aliphatic rings. The second-order valence-corrected chi connectivity index (χ2v) is 8.68. The number of halogens is 1. The number of H-pyrrole nitrogens is 1. The first-order valence-electron chi connectivity index (χ1n) is 9.53. The molecule has 0 amide bonds. The molecule has 1 aliphatic carbocycles. The van der Waals surface area contributed by atoms with Gasteiger partial charge in [-0.15, -0.1) is 0 Å². The van der Waals surface area contributed by atoms with Crippen LogP contribution in [0.15, 0.2) is 18.2 Å². The number of hydrogen-bond acceptors (Lipinski definition) is 2. The van der Waals surface area contributed by atoms with Gasteiger partial charge in [-0.3, -0.25) is 0 Å². The van der Waals surface area contributed by atoms with Crippen molar-refractivity contribution in [3.8, 4) is 0 Å². The third-order valence-electron chi connectivity index (χ3n) is 5.73. The van der Waals surface area contributed by atoms with E-state index in [-0.39, 0.29) is 0 Å². The lowest BCUT2D eigenvalue weighted by atomic mass is 9.90. The molecule has 130 valence electrons. The van der Waals surface area contributed by atoms with E-state index in [1.807, 2.05) is 0 Å². The van der Waals surface area contributed by atoms with Gasteiger partial charge in [0.1, 0.15) is 0 Å². The van der Waals surface area contributed by atoms with E-state index in [9.17, 15) is 0 Å². The molecule has 1 unspecified atom stereocenters. The number of nitrogens with zero attached hydrogens (tertiary/aromatic N) is 1. The first-order valence-corrected chi connectivity index (χ1v) is 10.6. The van der Waals surface area contributed by atoms with Crippen molar-refractivity contribution in [1.29, 1.82) is 0 Å². The summed E-state index contributed by atoms with van der Waals surface area (Å²) in [5, 5.41) is 5.44. The monoisotopic (exact) mass is 437 g/mol. The lowest BCUT2D eigenvalue weighted by Crippen LogP contribution is -2.44. The van der Waals surface area contributed by atoms with E-state index < -0.39 is 0 Å². The topological polar surface area (TPSA) is 31.1 Å². The van der Waals surface area contributed by atoms with Crippen LogP contribution in [0.4, 0.5) is 0 Å². The molecule has 1 aliphatic heterocycles. The summed E-state index contributed by atoms with van der Waals surface area (Å²) in [4.78, 5) is 6.36. The minimum absolute atomic E-state index is 0.515. The Bertz CT molecular complexity index is 700. The van der Waals surface area contributed by atoms with E-state index in [0.717, 1.165) is 0 Å². The van der Waals surface area contributed by atoms with Gasteiger partial charge in [-0.1, -0.05) is 6.92 Å². The predicted octanol–water partition coefficient (Wildman–Crippen LogP) is 4.61. The zero-order chi connectivity index (χ0) is 16.5. The number of nitrogens with one attached hydrogen (secondary N) is 2. The molecule has 1 atom stereocenters. The third-order valence-corrected chi connectivity index (χ3v) is 6.40. The summed E-state index contributed by atoms with van der Waals surface area (Å²) in [5.74, 6) is 0. The molecule has 1 saturated heterocycles. The maximum Gasteiger partial charge on any atom is 0.0478 e. The number of aromatic nitrogens is 1.